The number of hydrogen-bond acceptors (Lipinski definition) is 4. The van der Waals surface area contributed by atoms with Gasteiger partial charge in [-0.25, -0.2) is 4.79 Å². The largest absolute Gasteiger partial charge is 0.390 e. The van der Waals surface area contributed by atoms with E-state index in [1.165, 1.54) is 10.8 Å². The Kier molecular flexibility index (Phi) is 4.23. The second-order valence-electron chi connectivity index (χ2n) is 4.26. The molecule has 0 aromatic carbocycles. The quantitative estimate of drug-likeness (QED) is 0.591. The van der Waals surface area contributed by atoms with E-state index < -0.39 is 18.0 Å². The maximum atomic E-state index is 11.7. The van der Waals surface area contributed by atoms with Gasteiger partial charge < -0.3 is 9.84 Å². The molecule has 0 radical (unpaired) electrons. The molecule has 7 heteroatoms. The Morgan fingerprint density at radius 2 is 2.33 bits per heavy atom. The summed E-state index contributed by atoms with van der Waals surface area (Å²) >= 11 is 2.13. The van der Waals surface area contributed by atoms with Crippen LogP contribution < -0.4 is 11.2 Å². The minimum Gasteiger partial charge on any atom is -0.390 e. The molecule has 0 unspecified atom stereocenters. The first-order valence-corrected chi connectivity index (χ1v) is 7.33. The minimum atomic E-state index is -0.573. The average molecular weight is 366 g/mol. The van der Waals surface area contributed by atoms with Gasteiger partial charge in [0.15, 0.2) is 0 Å². The molecule has 3 atom stereocenters. The van der Waals surface area contributed by atoms with Crippen molar-refractivity contribution in [2.45, 2.75) is 38.2 Å². The summed E-state index contributed by atoms with van der Waals surface area (Å²) in [5.41, 5.74) is -0.322. The summed E-state index contributed by atoms with van der Waals surface area (Å²) in [6, 6.07) is 0. The number of rotatable bonds is 3. The second kappa shape index (κ2) is 5.54. The van der Waals surface area contributed by atoms with Crippen LogP contribution >= 0.6 is 22.6 Å². The number of H-pyrrole nitrogens is 1. The first-order chi connectivity index (χ1) is 8.56. The average Bonchev–Trinajstić information content (AvgIpc) is 2.70. The molecule has 1 fully saturated rings. The fraction of sp³-hybridized carbons (Fsp3) is 0.636. The number of halogens is 1. The zero-order valence-electron chi connectivity index (χ0n) is 9.93. The van der Waals surface area contributed by atoms with Crippen LogP contribution in [0.25, 0.3) is 0 Å². The number of aromatic amines is 1. The molecule has 18 heavy (non-hydrogen) atoms. The SMILES string of the molecule is CCc1cn([C@H]2C[C@H](O)[C@@H](CI)O2)c(=O)[nH]c1=O. The standard InChI is InChI=1S/C11H15IN2O4/c1-2-6-5-14(11(17)13-10(6)16)9-3-7(15)8(4-12)18-9/h5,7-9,15H,2-4H2,1H3,(H,13,16,17)/t7-,8+,9+/m0/s1. The Balaban J connectivity index is 2.35. The van der Waals surface area contributed by atoms with Crippen LogP contribution in [0.3, 0.4) is 0 Å². The van der Waals surface area contributed by atoms with Gasteiger partial charge in [0.25, 0.3) is 5.56 Å². The van der Waals surface area contributed by atoms with E-state index in [1.807, 2.05) is 6.92 Å². The molecule has 1 aliphatic heterocycles. The van der Waals surface area contributed by atoms with E-state index in [0.717, 1.165) is 0 Å². The van der Waals surface area contributed by atoms with E-state index >= 15 is 0 Å². The molecule has 2 N–H and O–H groups in total. The number of aliphatic hydroxyl groups is 1. The van der Waals surface area contributed by atoms with Gasteiger partial charge >= 0.3 is 5.69 Å². The lowest BCUT2D eigenvalue weighted by atomic mass is 10.2. The number of ether oxygens (including phenoxy) is 1. The van der Waals surface area contributed by atoms with E-state index in [0.29, 0.717) is 22.8 Å². The Hall–Kier alpha value is -0.670. The smallest absolute Gasteiger partial charge is 0.330 e. The maximum Gasteiger partial charge on any atom is 0.330 e. The zero-order chi connectivity index (χ0) is 13.3. The van der Waals surface area contributed by atoms with Crippen molar-refractivity contribution >= 4 is 22.6 Å². The van der Waals surface area contributed by atoms with Crippen molar-refractivity contribution in [3.63, 3.8) is 0 Å². The summed E-state index contributed by atoms with van der Waals surface area (Å²) in [7, 11) is 0. The molecule has 0 bridgehead atoms. The molecule has 0 spiro atoms. The Bertz CT molecular complexity index is 539. The van der Waals surface area contributed by atoms with Crippen molar-refractivity contribution in [3.05, 3.63) is 32.6 Å². The Labute approximate surface area is 117 Å². The molecular formula is C11H15IN2O4. The molecular weight excluding hydrogens is 351 g/mol. The highest BCUT2D eigenvalue weighted by atomic mass is 127. The van der Waals surface area contributed by atoms with E-state index in [1.54, 1.807) is 0 Å². The highest BCUT2D eigenvalue weighted by Crippen LogP contribution is 2.28. The van der Waals surface area contributed by atoms with Crippen molar-refractivity contribution in [2.24, 2.45) is 0 Å². The number of hydrogen-bond donors (Lipinski definition) is 2. The maximum absolute atomic E-state index is 11.7. The molecule has 0 saturated carbocycles. The predicted octanol–water partition coefficient (Wildman–Crippen LogP) is 0.182. The summed E-state index contributed by atoms with van der Waals surface area (Å²) in [5.74, 6) is 0. The summed E-state index contributed by atoms with van der Waals surface area (Å²) in [6.45, 7) is 1.84. The monoisotopic (exact) mass is 366 g/mol. The van der Waals surface area contributed by atoms with Crippen LogP contribution in [-0.2, 0) is 11.2 Å². The van der Waals surface area contributed by atoms with Crippen molar-refractivity contribution in [3.8, 4) is 0 Å². The van der Waals surface area contributed by atoms with Gasteiger partial charge in [0.1, 0.15) is 6.23 Å². The van der Waals surface area contributed by atoms with Crippen LogP contribution in [0, 0.1) is 0 Å². The van der Waals surface area contributed by atoms with E-state index in [-0.39, 0.29) is 11.7 Å². The lowest BCUT2D eigenvalue weighted by Crippen LogP contribution is -2.34. The molecule has 1 aromatic heterocycles. The van der Waals surface area contributed by atoms with Crippen LogP contribution in [-0.4, -0.2) is 31.3 Å². The molecule has 1 aliphatic rings. The number of nitrogens with one attached hydrogen (secondary N) is 1. The van der Waals surface area contributed by atoms with E-state index in [2.05, 4.69) is 27.6 Å². The third-order valence-electron chi connectivity index (χ3n) is 3.09. The Morgan fingerprint density at radius 3 is 2.89 bits per heavy atom. The van der Waals surface area contributed by atoms with Crippen molar-refractivity contribution < 1.29 is 9.84 Å². The molecule has 2 rings (SSSR count). The molecule has 2 heterocycles. The molecule has 0 amide bonds. The molecule has 1 saturated heterocycles. The lowest BCUT2D eigenvalue weighted by molar-refractivity contribution is -0.00621. The Morgan fingerprint density at radius 1 is 1.61 bits per heavy atom. The number of aliphatic hydroxyl groups excluding tert-OH is 1. The third-order valence-corrected chi connectivity index (χ3v) is 3.96. The third kappa shape index (κ3) is 2.52. The minimum absolute atomic E-state index is 0.264. The molecule has 100 valence electrons. The normalized spacial score (nSPS) is 27.6. The number of aryl methyl sites for hydroxylation is 1. The van der Waals surface area contributed by atoms with Crippen LogP contribution in [0.15, 0.2) is 15.8 Å². The van der Waals surface area contributed by atoms with Crippen molar-refractivity contribution in [1.29, 1.82) is 0 Å². The van der Waals surface area contributed by atoms with Crippen LogP contribution in [0.1, 0.15) is 25.1 Å². The highest BCUT2D eigenvalue weighted by Gasteiger charge is 2.34. The fourth-order valence-corrected chi connectivity index (χ4v) is 2.81. The lowest BCUT2D eigenvalue weighted by Gasteiger charge is -2.14. The topological polar surface area (TPSA) is 84.3 Å². The summed E-state index contributed by atoms with van der Waals surface area (Å²) < 4.78 is 7.63. The van der Waals surface area contributed by atoms with Crippen molar-refractivity contribution in [1.82, 2.24) is 9.55 Å². The van der Waals surface area contributed by atoms with Gasteiger partial charge in [-0.2, -0.15) is 0 Å². The first-order valence-electron chi connectivity index (χ1n) is 5.80. The second-order valence-corrected chi connectivity index (χ2v) is 5.14. The van der Waals surface area contributed by atoms with Crippen LogP contribution in [0.4, 0.5) is 0 Å². The number of nitrogens with zero attached hydrogens (tertiary/aromatic N) is 1. The van der Waals surface area contributed by atoms with Crippen LogP contribution in [0.2, 0.25) is 0 Å². The number of alkyl halides is 1. The van der Waals surface area contributed by atoms with Crippen molar-refractivity contribution in [2.75, 3.05) is 4.43 Å². The molecule has 1 aromatic rings. The first kappa shape index (κ1) is 13.8. The van der Waals surface area contributed by atoms with Gasteiger partial charge in [0.05, 0.1) is 12.2 Å². The van der Waals surface area contributed by atoms with Gasteiger partial charge in [-0.1, -0.05) is 29.5 Å². The molecule has 6 nitrogen and oxygen atoms in total. The summed E-state index contributed by atoms with van der Waals surface area (Å²) in [6.07, 6.45) is 1.09. The van der Waals surface area contributed by atoms with Gasteiger partial charge in [0.2, 0.25) is 0 Å². The number of aromatic nitrogens is 2. The van der Waals surface area contributed by atoms with Gasteiger partial charge in [-0.3, -0.25) is 14.3 Å². The van der Waals surface area contributed by atoms with Gasteiger partial charge in [-0.05, 0) is 6.42 Å². The summed E-state index contributed by atoms with van der Waals surface area (Å²) in [5, 5.41) is 9.78. The zero-order valence-corrected chi connectivity index (χ0v) is 12.1. The van der Waals surface area contributed by atoms with Gasteiger partial charge in [0, 0.05) is 22.6 Å². The summed E-state index contributed by atoms with van der Waals surface area (Å²) in [4.78, 5) is 25.5. The fourth-order valence-electron chi connectivity index (χ4n) is 2.02. The van der Waals surface area contributed by atoms with E-state index in [9.17, 15) is 14.7 Å². The van der Waals surface area contributed by atoms with Gasteiger partial charge in [-0.15, -0.1) is 0 Å². The van der Waals surface area contributed by atoms with Crippen LogP contribution in [0.5, 0.6) is 0 Å². The molecule has 0 aliphatic carbocycles. The highest BCUT2D eigenvalue weighted by molar-refractivity contribution is 14.1. The predicted molar refractivity (Wildman–Crippen MR) is 74.1 cm³/mol. The van der Waals surface area contributed by atoms with E-state index in [4.69, 9.17) is 4.74 Å².